The topological polar surface area (TPSA) is 6.48 Å². The van der Waals surface area contributed by atoms with Gasteiger partial charge in [-0.1, -0.05) is 34.6 Å². The van der Waals surface area contributed by atoms with E-state index in [1.54, 1.807) is 0 Å². The third-order valence-corrected chi connectivity index (χ3v) is 9.42. The maximum absolute atomic E-state index is 2.81. The summed E-state index contributed by atoms with van der Waals surface area (Å²) >= 11 is 0. The van der Waals surface area contributed by atoms with Gasteiger partial charge in [-0.15, -0.1) is 0 Å². The lowest BCUT2D eigenvalue weighted by molar-refractivity contribution is -0.157. The van der Waals surface area contributed by atoms with Crippen LogP contribution in [0.15, 0.2) is 0 Å². The summed E-state index contributed by atoms with van der Waals surface area (Å²) in [6.45, 7) is 29.8. The Morgan fingerprint density at radius 3 is 1.66 bits per heavy atom. The number of rotatable bonds is 5. The largest absolute Gasteiger partial charge is 0.298 e. The summed E-state index contributed by atoms with van der Waals surface area (Å²) in [7, 11) is 0. The van der Waals surface area contributed by atoms with Crippen LogP contribution in [0.5, 0.6) is 0 Å². The molecule has 0 bridgehead atoms. The summed E-state index contributed by atoms with van der Waals surface area (Å²) in [6.07, 6.45) is 8.42. The Labute approximate surface area is 183 Å². The Morgan fingerprint density at radius 2 is 1.21 bits per heavy atom. The Hall–Kier alpha value is -0.0800. The average Bonchev–Trinajstić information content (AvgIpc) is 2.48. The second kappa shape index (κ2) is 7.51. The number of nitrogens with zero attached hydrogens (tertiary/aromatic N) is 2. The van der Waals surface area contributed by atoms with E-state index >= 15 is 0 Å². The van der Waals surface area contributed by atoms with Crippen LogP contribution in [0.4, 0.5) is 0 Å². The van der Waals surface area contributed by atoms with Gasteiger partial charge in [-0.05, 0) is 114 Å². The normalized spacial score (nSPS) is 25.9. The number of hydrogen-bond acceptors (Lipinski definition) is 2. The molecule has 1 aliphatic carbocycles. The minimum atomic E-state index is 0.331. The fraction of sp³-hybridized carbons (Fsp3) is 1.00. The van der Waals surface area contributed by atoms with Gasteiger partial charge in [0.15, 0.2) is 0 Å². The van der Waals surface area contributed by atoms with Crippen LogP contribution in [0.1, 0.15) is 108 Å². The summed E-state index contributed by atoms with van der Waals surface area (Å²) in [5, 5.41) is 0. The number of hydrogen-bond donors (Lipinski definition) is 0. The van der Waals surface area contributed by atoms with Crippen LogP contribution in [0.25, 0.3) is 0 Å². The fourth-order valence-corrected chi connectivity index (χ4v) is 6.37. The first-order chi connectivity index (χ1) is 13.0. The highest BCUT2D eigenvalue weighted by molar-refractivity contribution is 5.09. The van der Waals surface area contributed by atoms with Gasteiger partial charge in [0.25, 0.3) is 0 Å². The quantitative estimate of drug-likeness (QED) is 0.495. The zero-order valence-corrected chi connectivity index (χ0v) is 21.6. The van der Waals surface area contributed by atoms with Gasteiger partial charge >= 0.3 is 0 Å². The van der Waals surface area contributed by atoms with Crippen LogP contribution in [0.3, 0.4) is 0 Å². The Bertz CT molecular complexity index is 552. The minimum absolute atomic E-state index is 0.331. The van der Waals surface area contributed by atoms with E-state index in [2.05, 4.69) is 79.0 Å². The first-order valence-corrected chi connectivity index (χ1v) is 12.5. The van der Waals surface area contributed by atoms with Crippen molar-refractivity contribution in [2.45, 2.75) is 119 Å². The fourth-order valence-electron chi connectivity index (χ4n) is 6.37. The first kappa shape index (κ1) is 23.6. The van der Waals surface area contributed by atoms with E-state index in [4.69, 9.17) is 0 Å². The van der Waals surface area contributed by atoms with Gasteiger partial charge in [0, 0.05) is 24.2 Å². The molecule has 1 spiro atoms. The van der Waals surface area contributed by atoms with Crippen LogP contribution in [0, 0.1) is 28.1 Å². The second-order valence-electron chi connectivity index (χ2n) is 14.6. The van der Waals surface area contributed by atoms with E-state index in [1.807, 2.05) is 0 Å². The highest BCUT2D eigenvalue weighted by Crippen LogP contribution is 2.58. The van der Waals surface area contributed by atoms with Gasteiger partial charge in [-0.25, -0.2) is 0 Å². The molecule has 0 aromatic carbocycles. The first-order valence-electron chi connectivity index (χ1n) is 12.5. The Kier molecular flexibility index (Phi) is 6.10. The van der Waals surface area contributed by atoms with Crippen molar-refractivity contribution < 1.29 is 0 Å². The lowest BCUT2D eigenvalue weighted by Crippen LogP contribution is -2.68. The molecule has 0 aromatic rings. The third-order valence-electron chi connectivity index (χ3n) is 9.42. The van der Waals surface area contributed by atoms with E-state index < -0.39 is 0 Å². The molecule has 0 radical (unpaired) electrons. The van der Waals surface area contributed by atoms with Crippen molar-refractivity contribution >= 4 is 0 Å². The molecule has 0 aromatic heterocycles. The van der Waals surface area contributed by atoms with Crippen LogP contribution < -0.4 is 0 Å². The van der Waals surface area contributed by atoms with Gasteiger partial charge in [-0.3, -0.25) is 9.80 Å². The molecular weight excluding hydrogens is 352 g/mol. The van der Waals surface area contributed by atoms with Crippen LogP contribution in [-0.2, 0) is 0 Å². The Morgan fingerprint density at radius 1 is 0.690 bits per heavy atom. The van der Waals surface area contributed by atoms with E-state index in [9.17, 15) is 0 Å². The smallest absolute Gasteiger partial charge is 0.0153 e. The van der Waals surface area contributed by atoms with Gasteiger partial charge in [-0.2, -0.15) is 0 Å². The molecule has 0 N–H and O–H groups in total. The summed E-state index contributed by atoms with van der Waals surface area (Å²) in [4.78, 5) is 5.50. The summed E-state index contributed by atoms with van der Waals surface area (Å²) in [5.41, 5.74) is 2.36. The molecule has 0 amide bonds. The van der Waals surface area contributed by atoms with Gasteiger partial charge in [0.05, 0.1) is 0 Å². The van der Waals surface area contributed by atoms with Crippen molar-refractivity contribution in [1.82, 2.24) is 9.80 Å². The summed E-state index contributed by atoms with van der Waals surface area (Å²) < 4.78 is 0. The molecule has 3 aliphatic rings. The van der Waals surface area contributed by atoms with E-state index in [1.165, 1.54) is 64.7 Å². The van der Waals surface area contributed by atoms with Crippen LogP contribution in [0.2, 0.25) is 0 Å². The van der Waals surface area contributed by atoms with Gasteiger partial charge in [0.2, 0.25) is 0 Å². The van der Waals surface area contributed by atoms with Gasteiger partial charge in [0.1, 0.15) is 0 Å². The molecule has 170 valence electrons. The van der Waals surface area contributed by atoms with Crippen molar-refractivity contribution in [2.24, 2.45) is 28.1 Å². The molecule has 2 aliphatic heterocycles. The molecule has 2 saturated heterocycles. The SMILES string of the molecule is CC(C)(C)C1CC2(C1)CN(C(C)(C)CCC(C)(C)C1CCN(C(C)(C)C)CC1)C2. The molecule has 29 heavy (non-hydrogen) atoms. The zero-order chi connectivity index (χ0) is 21.9. The third kappa shape index (κ3) is 5.05. The van der Waals surface area contributed by atoms with Crippen molar-refractivity contribution in [3.8, 4) is 0 Å². The van der Waals surface area contributed by atoms with Gasteiger partial charge < -0.3 is 0 Å². The molecule has 3 rings (SSSR count). The molecule has 2 heteroatoms. The molecule has 0 unspecified atom stereocenters. The number of likely N-dealkylation sites (tertiary alicyclic amines) is 2. The van der Waals surface area contributed by atoms with E-state index in [-0.39, 0.29) is 0 Å². The average molecular weight is 405 g/mol. The lowest BCUT2D eigenvalue weighted by Gasteiger charge is -2.65. The molecule has 0 atom stereocenters. The second-order valence-corrected chi connectivity index (χ2v) is 14.6. The Balaban J connectivity index is 1.45. The summed E-state index contributed by atoms with van der Waals surface area (Å²) in [5.74, 6) is 1.84. The maximum Gasteiger partial charge on any atom is 0.0153 e. The highest BCUT2D eigenvalue weighted by atomic mass is 15.3. The predicted octanol–water partition coefficient (Wildman–Crippen LogP) is 6.84. The number of piperidine rings is 1. The minimum Gasteiger partial charge on any atom is -0.298 e. The highest BCUT2D eigenvalue weighted by Gasteiger charge is 2.57. The van der Waals surface area contributed by atoms with Crippen molar-refractivity contribution in [1.29, 1.82) is 0 Å². The molecule has 1 saturated carbocycles. The molecule has 2 nitrogen and oxygen atoms in total. The molecule has 3 fully saturated rings. The van der Waals surface area contributed by atoms with Crippen molar-refractivity contribution in [3.63, 3.8) is 0 Å². The molecular formula is C27H52N2. The maximum atomic E-state index is 2.81. The van der Waals surface area contributed by atoms with Crippen molar-refractivity contribution in [2.75, 3.05) is 26.2 Å². The predicted molar refractivity (Wildman–Crippen MR) is 127 cm³/mol. The van der Waals surface area contributed by atoms with Crippen molar-refractivity contribution in [3.05, 3.63) is 0 Å². The van der Waals surface area contributed by atoms with Crippen LogP contribution >= 0.6 is 0 Å². The zero-order valence-electron chi connectivity index (χ0n) is 21.6. The van der Waals surface area contributed by atoms with E-state index in [0.29, 0.717) is 27.3 Å². The van der Waals surface area contributed by atoms with E-state index in [0.717, 1.165) is 11.8 Å². The summed E-state index contributed by atoms with van der Waals surface area (Å²) in [6, 6.07) is 0. The lowest BCUT2D eigenvalue weighted by atomic mass is 9.51. The van der Waals surface area contributed by atoms with Crippen LogP contribution in [-0.4, -0.2) is 47.1 Å². The monoisotopic (exact) mass is 404 g/mol. The standard InChI is InChI=1S/C27H52N2/c1-23(2,3)22-17-27(18-22)19-29(20-27)26(9,10)14-13-25(7,8)21-11-15-28(16-12-21)24(4,5)6/h21-22H,11-20H2,1-10H3. The molecule has 2 heterocycles.